The highest BCUT2D eigenvalue weighted by Crippen LogP contribution is 2.16. The van der Waals surface area contributed by atoms with Crippen LogP contribution in [0.15, 0.2) is 54.6 Å². The fraction of sp³-hybridized carbons (Fsp3) is 0.0714. The zero-order chi connectivity index (χ0) is 13.0. The summed E-state index contributed by atoms with van der Waals surface area (Å²) in [4.78, 5) is 13.5. The van der Waals surface area contributed by atoms with Gasteiger partial charge < -0.3 is 5.32 Å². The summed E-state index contributed by atoms with van der Waals surface area (Å²) in [5, 5.41) is 3.44. The fourth-order valence-electron chi connectivity index (χ4n) is 1.51. The van der Waals surface area contributed by atoms with E-state index in [1.165, 1.54) is 0 Å². The molecule has 0 saturated heterocycles. The Morgan fingerprint density at radius 3 is 2.28 bits per heavy atom. The molecule has 2 rings (SSSR count). The molecule has 0 aliphatic heterocycles. The van der Waals surface area contributed by atoms with Crippen LogP contribution in [0.1, 0.15) is 0 Å². The molecule has 18 heavy (non-hydrogen) atoms. The van der Waals surface area contributed by atoms with E-state index in [2.05, 4.69) is 5.32 Å². The van der Waals surface area contributed by atoms with Crippen LogP contribution in [-0.2, 0) is 0 Å². The van der Waals surface area contributed by atoms with E-state index in [9.17, 15) is 4.79 Å². The number of nitrogens with zero attached hydrogens (tertiary/aromatic N) is 1. The van der Waals surface area contributed by atoms with Crippen LogP contribution < -0.4 is 10.2 Å². The van der Waals surface area contributed by atoms with Gasteiger partial charge in [0, 0.05) is 23.4 Å². The van der Waals surface area contributed by atoms with Crippen molar-refractivity contribution in [2.24, 2.45) is 0 Å². The Labute approximate surface area is 111 Å². The van der Waals surface area contributed by atoms with Crippen LogP contribution in [0.25, 0.3) is 0 Å². The Hall–Kier alpha value is -2.00. The second kappa shape index (κ2) is 5.56. The third kappa shape index (κ3) is 3.02. The van der Waals surface area contributed by atoms with Crippen molar-refractivity contribution in [2.75, 3.05) is 17.3 Å². The maximum absolute atomic E-state index is 12.0. The van der Waals surface area contributed by atoms with E-state index < -0.39 is 0 Å². The first kappa shape index (κ1) is 12.5. The largest absolute Gasteiger partial charge is 0.326 e. The number of rotatable bonds is 2. The normalized spacial score (nSPS) is 9.89. The van der Waals surface area contributed by atoms with Gasteiger partial charge >= 0.3 is 6.03 Å². The highest BCUT2D eigenvalue weighted by atomic mass is 35.5. The molecule has 0 saturated carbocycles. The van der Waals surface area contributed by atoms with E-state index in [0.29, 0.717) is 10.7 Å². The summed E-state index contributed by atoms with van der Waals surface area (Å²) in [5.41, 5.74) is 1.55. The number of benzene rings is 2. The number of amides is 2. The Balaban J connectivity index is 2.06. The summed E-state index contributed by atoms with van der Waals surface area (Å²) >= 11 is 5.78. The maximum atomic E-state index is 12.0. The highest BCUT2D eigenvalue weighted by Gasteiger charge is 2.10. The van der Waals surface area contributed by atoms with Crippen molar-refractivity contribution in [3.63, 3.8) is 0 Å². The second-order valence-corrected chi connectivity index (χ2v) is 4.27. The molecule has 0 atom stereocenters. The van der Waals surface area contributed by atoms with Gasteiger partial charge in [-0.1, -0.05) is 29.8 Å². The molecular weight excluding hydrogens is 248 g/mol. The zero-order valence-corrected chi connectivity index (χ0v) is 10.7. The minimum absolute atomic E-state index is 0.191. The smallest absolute Gasteiger partial charge is 0.308 e. The molecule has 0 aliphatic rings. The molecule has 4 heteroatoms. The monoisotopic (exact) mass is 260 g/mol. The van der Waals surface area contributed by atoms with Crippen LogP contribution in [0.2, 0.25) is 5.02 Å². The summed E-state index contributed by atoms with van der Waals surface area (Å²) in [6.45, 7) is 0. The van der Waals surface area contributed by atoms with Crippen molar-refractivity contribution in [1.29, 1.82) is 0 Å². The van der Waals surface area contributed by atoms with Crippen LogP contribution in [0.3, 0.4) is 0 Å². The molecule has 0 unspecified atom stereocenters. The number of urea groups is 1. The SMILES string of the molecule is CN(C(=O)Nc1ccc(Cl)cc1)c1ccccc1. The quantitative estimate of drug-likeness (QED) is 0.869. The van der Waals surface area contributed by atoms with Crippen molar-refractivity contribution in [3.05, 3.63) is 59.6 Å². The molecule has 0 aromatic heterocycles. The van der Waals surface area contributed by atoms with E-state index in [1.54, 1.807) is 36.2 Å². The van der Waals surface area contributed by atoms with Crippen molar-refractivity contribution < 1.29 is 4.79 Å². The summed E-state index contributed by atoms with van der Waals surface area (Å²) in [6.07, 6.45) is 0. The van der Waals surface area contributed by atoms with Gasteiger partial charge in [0.15, 0.2) is 0 Å². The Morgan fingerprint density at radius 1 is 1.06 bits per heavy atom. The molecule has 2 amide bonds. The van der Waals surface area contributed by atoms with Gasteiger partial charge in [-0.3, -0.25) is 4.90 Å². The van der Waals surface area contributed by atoms with Crippen molar-refractivity contribution in [2.45, 2.75) is 0 Å². The minimum atomic E-state index is -0.191. The van der Waals surface area contributed by atoms with Gasteiger partial charge in [-0.2, -0.15) is 0 Å². The molecule has 0 fully saturated rings. The molecule has 0 heterocycles. The lowest BCUT2D eigenvalue weighted by Gasteiger charge is -2.17. The van der Waals surface area contributed by atoms with Gasteiger partial charge in [0.05, 0.1) is 0 Å². The van der Waals surface area contributed by atoms with Crippen LogP contribution in [0.5, 0.6) is 0 Å². The molecule has 2 aromatic rings. The van der Waals surface area contributed by atoms with Crippen LogP contribution in [0, 0.1) is 0 Å². The zero-order valence-electron chi connectivity index (χ0n) is 9.93. The first-order chi connectivity index (χ1) is 8.66. The lowest BCUT2D eigenvalue weighted by molar-refractivity contribution is 0.258. The van der Waals surface area contributed by atoms with Gasteiger partial charge in [0.25, 0.3) is 0 Å². The van der Waals surface area contributed by atoms with Gasteiger partial charge in [-0.15, -0.1) is 0 Å². The Bertz CT molecular complexity index is 525. The highest BCUT2D eigenvalue weighted by molar-refractivity contribution is 6.30. The lowest BCUT2D eigenvalue weighted by Crippen LogP contribution is -2.30. The van der Waals surface area contributed by atoms with E-state index in [-0.39, 0.29) is 6.03 Å². The maximum Gasteiger partial charge on any atom is 0.326 e. The predicted molar refractivity (Wildman–Crippen MR) is 75.3 cm³/mol. The topological polar surface area (TPSA) is 32.3 Å². The third-order valence-corrected chi connectivity index (χ3v) is 2.80. The van der Waals surface area contributed by atoms with E-state index in [4.69, 9.17) is 11.6 Å². The van der Waals surface area contributed by atoms with Gasteiger partial charge in [-0.25, -0.2) is 4.79 Å². The minimum Gasteiger partial charge on any atom is -0.308 e. The predicted octanol–water partition coefficient (Wildman–Crippen LogP) is 4.01. The molecule has 3 nitrogen and oxygen atoms in total. The Kier molecular flexibility index (Phi) is 3.85. The number of hydrogen-bond donors (Lipinski definition) is 1. The number of para-hydroxylation sites is 1. The first-order valence-electron chi connectivity index (χ1n) is 5.52. The number of nitrogens with one attached hydrogen (secondary N) is 1. The molecule has 2 aromatic carbocycles. The number of carbonyl (C=O) groups is 1. The first-order valence-corrected chi connectivity index (χ1v) is 5.90. The molecule has 0 bridgehead atoms. The summed E-state index contributed by atoms with van der Waals surface area (Å²) in [6, 6.07) is 16.3. The fourth-order valence-corrected chi connectivity index (χ4v) is 1.64. The number of anilines is 2. The summed E-state index contributed by atoms with van der Waals surface area (Å²) in [7, 11) is 1.72. The molecule has 0 radical (unpaired) electrons. The molecule has 1 N–H and O–H groups in total. The number of carbonyl (C=O) groups excluding carboxylic acids is 1. The number of hydrogen-bond acceptors (Lipinski definition) is 1. The van der Waals surface area contributed by atoms with Crippen molar-refractivity contribution >= 4 is 29.0 Å². The molecule has 0 aliphatic carbocycles. The van der Waals surface area contributed by atoms with Crippen LogP contribution in [-0.4, -0.2) is 13.1 Å². The van der Waals surface area contributed by atoms with Gasteiger partial charge in [0.2, 0.25) is 0 Å². The lowest BCUT2D eigenvalue weighted by atomic mass is 10.3. The van der Waals surface area contributed by atoms with E-state index >= 15 is 0 Å². The van der Waals surface area contributed by atoms with E-state index in [1.807, 2.05) is 30.3 Å². The molecular formula is C14H13ClN2O. The van der Waals surface area contributed by atoms with E-state index in [0.717, 1.165) is 5.69 Å². The van der Waals surface area contributed by atoms with Gasteiger partial charge in [0.1, 0.15) is 0 Å². The average Bonchev–Trinajstić information content (AvgIpc) is 2.41. The Morgan fingerprint density at radius 2 is 1.67 bits per heavy atom. The standard InChI is InChI=1S/C14H13ClN2O/c1-17(13-5-3-2-4-6-13)14(18)16-12-9-7-11(15)8-10-12/h2-10H,1H3,(H,16,18). The van der Waals surface area contributed by atoms with Crippen LogP contribution in [0.4, 0.5) is 16.2 Å². The third-order valence-electron chi connectivity index (χ3n) is 2.54. The average molecular weight is 261 g/mol. The van der Waals surface area contributed by atoms with Gasteiger partial charge in [-0.05, 0) is 36.4 Å². The van der Waals surface area contributed by atoms with Crippen molar-refractivity contribution in [1.82, 2.24) is 0 Å². The molecule has 92 valence electrons. The van der Waals surface area contributed by atoms with Crippen LogP contribution >= 0.6 is 11.6 Å². The second-order valence-electron chi connectivity index (χ2n) is 3.83. The summed E-state index contributed by atoms with van der Waals surface area (Å²) < 4.78 is 0. The summed E-state index contributed by atoms with van der Waals surface area (Å²) in [5.74, 6) is 0. The molecule has 0 spiro atoms. The number of halogens is 1. The van der Waals surface area contributed by atoms with Crippen molar-refractivity contribution in [3.8, 4) is 0 Å².